The van der Waals surface area contributed by atoms with Gasteiger partial charge in [0.2, 0.25) is 0 Å². The van der Waals surface area contributed by atoms with E-state index < -0.39 is 5.97 Å². The highest BCUT2D eigenvalue weighted by molar-refractivity contribution is 8.76. The number of rotatable bonds is 3. The highest BCUT2D eigenvalue weighted by Crippen LogP contribution is 2.32. The van der Waals surface area contributed by atoms with Crippen molar-refractivity contribution in [2.45, 2.75) is 25.5 Å². The summed E-state index contributed by atoms with van der Waals surface area (Å²) < 4.78 is 0.430. The molecule has 0 saturated carbocycles. The van der Waals surface area contributed by atoms with Crippen molar-refractivity contribution in [3.63, 3.8) is 0 Å². The normalized spacial score (nSPS) is 10.2. The van der Waals surface area contributed by atoms with Crippen molar-refractivity contribution in [2.75, 3.05) is 19.8 Å². The molecule has 0 aromatic carbocycles. The molecule has 0 heterocycles. The summed E-state index contributed by atoms with van der Waals surface area (Å²) in [5.74, 6) is -0.822. The topological polar surface area (TPSA) is 49.3 Å². The number of carboxylic acids is 1. The minimum absolute atomic E-state index is 0.0417. The summed E-state index contributed by atoms with van der Waals surface area (Å²) in [5, 5.41) is 10.3. The molecule has 2 N–H and O–H groups in total. The molecule has 0 aliphatic rings. The number of carbonyl (C=O) groups is 1. The molecule has 5 heteroatoms. The first-order valence-corrected chi connectivity index (χ1v) is 6.47. The molecule has 0 atom stereocenters. The Kier molecular flexibility index (Phi) is 10.5. The van der Waals surface area contributed by atoms with E-state index in [0.29, 0.717) is 4.75 Å². The highest BCUT2D eigenvalue weighted by atomic mass is 33.1. The van der Waals surface area contributed by atoms with E-state index >= 15 is 0 Å². The van der Waals surface area contributed by atoms with E-state index in [-0.39, 0.29) is 6.54 Å². The Bertz CT molecular complexity index is 135. The van der Waals surface area contributed by atoms with Crippen molar-refractivity contribution in [2.24, 2.45) is 0 Å². The van der Waals surface area contributed by atoms with Gasteiger partial charge in [-0.1, -0.05) is 42.4 Å². The minimum atomic E-state index is -0.822. The number of hydrogen-bond donors (Lipinski definition) is 2. The Morgan fingerprint density at radius 2 is 1.92 bits per heavy atom. The van der Waals surface area contributed by atoms with E-state index in [1.165, 1.54) is 0 Å². The number of carboxylic acid groups (broad SMARTS) is 1. The summed E-state index contributed by atoms with van der Waals surface area (Å²) in [6, 6.07) is 0. The van der Waals surface area contributed by atoms with Crippen LogP contribution in [0, 0.1) is 0 Å². The molecule has 0 aliphatic carbocycles. The number of hydrogen-bond acceptors (Lipinski definition) is 4. The molecule has 0 amide bonds. The van der Waals surface area contributed by atoms with Gasteiger partial charge in [-0.05, 0) is 13.3 Å². The van der Waals surface area contributed by atoms with Crippen LogP contribution in [0.3, 0.4) is 0 Å². The molecule has 13 heavy (non-hydrogen) atoms. The molecule has 0 aromatic rings. The zero-order chi connectivity index (χ0) is 10.9. The molecule has 0 aliphatic heterocycles. The second kappa shape index (κ2) is 8.72. The Morgan fingerprint density at radius 1 is 1.46 bits per heavy atom. The summed E-state index contributed by atoms with van der Waals surface area (Å²) in [5.41, 5.74) is 0. The van der Waals surface area contributed by atoms with Gasteiger partial charge in [-0.3, -0.25) is 4.79 Å². The van der Waals surface area contributed by atoms with Crippen LogP contribution in [-0.4, -0.2) is 35.7 Å². The van der Waals surface area contributed by atoms with E-state index in [0.717, 1.165) is 0 Å². The Balaban J connectivity index is 0. The van der Waals surface area contributed by atoms with Gasteiger partial charge in [-0.15, -0.1) is 0 Å². The average molecular weight is 225 g/mol. The zero-order valence-corrected chi connectivity index (χ0v) is 10.5. The minimum Gasteiger partial charge on any atom is -0.480 e. The summed E-state index contributed by atoms with van der Waals surface area (Å²) in [7, 11) is 5.32. The summed E-state index contributed by atoms with van der Waals surface area (Å²) in [6.45, 7) is 6.69. The predicted octanol–water partition coefficient (Wildman–Crippen LogP) is 2.09. The SMILES string of the molecule is CNCC(=O)O.CSSC(C)(C)C. The lowest BCUT2D eigenvalue weighted by Gasteiger charge is -2.13. The second-order valence-corrected chi connectivity index (χ2v) is 6.51. The fraction of sp³-hybridized carbons (Fsp3) is 0.875. The third-order valence-corrected chi connectivity index (χ3v) is 3.33. The maximum atomic E-state index is 9.54. The summed E-state index contributed by atoms with van der Waals surface area (Å²) in [4.78, 5) is 9.54. The fourth-order valence-electron chi connectivity index (χ4n) is 0.401. The van der Waals surface area contributed by atoms with Crippen LogP contribution < -0.4 is 5.32 Å². The van der Waals surface area contributed by atoms with Crippen molar-refractivity contribution in [3.05, 3.63) is 0 Å². The molecule has 0 unspecified atom stereocenters. The van der Waals surface area contributed by atoms with Crippen molar-refractivity contribution < 1.29 is 9.90 Å². The van der Waals surface area contributed by atoms with E-state index in [9.17, 15) is 4.79 Å². The van der Waals surface area contributed by atoms with Crippen molar-refractivity contribution in [3.8, 4) is 0 Å². The lowest BCUT2D eigenvalue weighted by atomic mass is 10.3. The van der Waals surface area contributed by atoms with Crippen LogP contribution in [0.25, 0.3) is 0 Å². The lowest BCUT2D eigenvalue weighted by Crippen LogP contribution is -2.16. The average Bonchev–Trinajstić information content (AvgIpc) is 1.84. The molecule has 0 rings (SSSR count). The fourth-order valence-corrected chi connectivity index (χ4v) is 2.40. The van der Waals surface area contributed by atoms with Crippen LogP contribution in [0.4, 0.5) is 0 Å². The lowest BCUT2D eigenvalue weighted by molar-refractivity contribution is -0.135. The van der Waals surface area contributed by atoms with Crippen LogP contribution in [-0.2, 0) is 4.79 Å². The number of likely N-dealkylation sites (N-methyl/N-ethyl adjacent to an activating group) is 1. The highest BCUT2D eigenvalue weighted by Gasteiger charge is 2.07. The first-order valence-electron chi connectivity index (χ1n) is 3.91. The van der Waals surface area contributed by atoms with Crippen LogP contribution >= 0.6 is 21.6 Å². The predicted molar refractivity (Wildman–Crippen MR) is 62.4 cm³/mol. The Labute approximate surface area is 88.5 Å². The van der Waals surface area contributed by atoms with Gasteiger partial charge in [0.15, 0.2) is 0 Å². The van der Waals surface area contributed by atoms with Crippen LogP contribution in [0.2, 0.25) is 0 Å². The van der Waals surface area contributed by atoms with Crippen molar-refractivity contribution in [1.82, 2.24) is 5.32 Å². The van der Waals surface area contributed by atoms with Gasteiger partial charge in [0.05, 0.1) is 6.54 Å². The molecule has 3 nitrogen and oxygen atoms in total. The maximum absolute atomic E-state index is 9.54. The van der Waals surface area contributed by atoms with Gasteiger partial charge in [-0.2, -0.15) is 0 Å². The first kappa shape index (κ1) is 15.6. The molecule has 0 radical (unpaired) electrons. The Hall–Kier alpha value is 0.130. The number of aliphatic carboxylic acids is 1. The molecule has 80 valence electrons. The molecular formula is C8H19NO2S2. The summed E-state index contributed by atoms with van der Waals surface area (Å²) in [6.07, 6.45) is 2.11. The molecule has 0 saturated heterocycles. The zero-order valence-electron chi connectivity index (χ0n) is 8.88. The van der Waals surface area contributed by atoms with Crippen LogP contribution in [0.15, 0.2) is 0 Å². The van der Waals surface area contributed by atoms with E-state index in [1.807, 2.05) is 21.6 Å². The third kappa shape index (κ3) is 24.5. The van der Waals surface area contributed by atoms with Crippen molar-refractivity contribution >= 4 is 27.6 Å². The molecule has 0 aromatic heterocycles. The van der Waals surface area contributed by atoms with Crippen LogP contribution in [0.5, 0.6) is 0 Å². The second-order valence-electron chi connectivity index (χ2n) is 3.29. The maximum Gasteiger partial charge on any atom is 0.317 e. The largest absolute Gasteiger partial charge is 0.480 e. The molecule has 0 bridgehead atoms. The van der Waals surface area contributed by atoms with Crippen molar-refractivity contribution in [1.29, 1.82) is 0 Å². The number of nitrogens with one attached hydrogen (secondary N) is 1. The molecular weight excluding hydrogens is 206 g/mol. The van der Waals surface area contributed by atoms with Gasteiger partial charge >= 0.3 is 5.97 Å². The van der Waals surface area contributed by atoms with Gasteiger partial charge in [0, 0.05) is 4.75 Å². The van der Waals surface area contributed by atoms with E-state index in [4.69, 9.17) is 5.11 Å². The Morgan fingerprint density at radius 3 is 1.92 bits per heavy atom. The monoisotopic (exact) mass is 225 g/mol. The van der Waals surface area contributed by atoms with E-state index in [2.05, 4.69) is 32.3 Å². The van der Waals surface area contributed by atoms with Crippen LogP contribution in [0.1, 0.15) is 20.8 Å². The molecule has 0 spiro atoms. The summed E-state index contributed by atoms with van der Waals surface area (Å²) >= 11 is 0. The van der Waals surface area contributed by atoms with E-state index in [1.54, 1.807) is 7.05 Å². The van der Waals surface area contributed by atoms with Gasteiger partial charge in [-0.25, -0.2) is 0 Å². The van der Waals surface area contributed by atoms with Gasteiger partial charge < -0.3 is 10.4 Å². The van der Waals surface area contributed by atoms with Gasteiger partial charge in [0.25, 0.3) is 0 Å². The third-order valence-electron chi connectivity index (χ3n) is 0.661. The smallest absolute Gasteiger partial charge is 0.317 e. The first-order chi connectivity index (χ1) is 5.83. The van der Waals surface area contributed by atoms with Gasteiger partial charge in [0.1, 0.15) is 0 Å². The standard InChI is InChI=1S/C5H12S2.C3H7NO2/c1-5(2,3)7-6-4;1-4-2-3(5)6/h1-4H3;4H,2H2,1H3,(H,5,6). The quantitative estimate of drug-likeness (QED) is 0.720. The molecule has 0 fully saturated rings.